The second-order valence-corrected chi connectivity index (χ2v) is 9.27. The van der Waals surface area contributed by atoms with Gasteiger partial charge in [0.25, 0.3) is 5.91 Å². The summed E-state index contributed by atoms with van der Waals surface area (Å²) in [5, 5.41) is 4.55. The van der Waals surface area contributed by atoms with Crippen molar-refractivity contribution in [1.29, 1.82) is 0 Å². The van der Waals surface area contributed by atoms with Crippen molar-refractivity contribution in [3.05, 3.63) is 64.7 Å². The number of fused-ring (bicyclic) bond motifs is 1. The third kappa shape index (κ3) is 5.57. The molecule has 2 heterocycles. The Morgan fingerprint density at radius 1 is 1.17 bits per heavy atom. The molecule has 1 saturated heterocycles. The number of pyridine rings is 1. The van der Waals surface area contributed by atoms with Gasteiger partial charge in [0.05, 0.1) is 22.8 Å². The molecule has 0 spiro atoms. The van der Waals surface area contributed by atoms with Crippen LogP contribution >= 0.6 is 11.6 Å². The number of aromatic nitrogens is 1. The quantitative estimate of drug-likeness (QED) is 0.523. The van der Waals surface area contributed by atoms with Crippen LogP contribution in [0.15, 0.2) is 48.5 Å². The molecule has 4 rings (SSSR count). The van der Waals surface area contributed by atoms with Crippen LogP contribution in [-0.2, 0) is 11.3 Å². The predicted molar refractivity (Wildman–Crippen MR) is 139 cm³/mol. The van der Waals surface area contributed by atoms with Crippen molar-refractivity contribution in [2.45, 2.75) is 32.9 Å². The second kappa shape index (κ2) is 11.1. The molecular weight excluding hydrogens is 464 g/mol. The molecule has 35 heavy (non-hydrogen) atoms. The zero-order valence-electron chi connectivity index (χ0n) is 20.4. The highest BCUT2D eigenvalue weighted by molar-refractivity contribution is 6.35. The molecule has 0 unspecified atom stereocenters. The number of amides is 2. The van der Waals surface area contributed by atoms with Crippen LogP contribution in [0.25, 0.3) is 22.2 Å². The van der Waals surface area contributed by atoms with E-state index < -0.39 is 0 Å². The van der Waals surface area contributed by atoms with Crippen LogP contribution < -0.4 is 5.32 Å². The van der Waals surface area contributed by atoms with E-state index in [4.69, 9.17) is 21.3 Å². The molecule has 184 valence electrons. The summed E-state index contributed by atoms with van der Waals surface area (Å²) in [6.07, 6.45) is 0.462. The van der Waals surface area contributed by atoms with Crippen molar-refractivity contribution in [3.63, 3.8) is 0 Å². The Balaban J connectivity index is 1.56. The third-order valence-electron chi connectivity index (χ3n) is 6.19. The predicted octanol–water partition coefficient (Wildman–Crippen LogP) is 4.97. The number of halogens is 1. The Kier molecular flexibility index (Phi) is 7.88. The average molecular weight is 495 g/mol. The highest BCUT2D eigenvalue weighted by atomic mass is 35.5. The van der Waals surface area contributed by atoms with Gasteiger partial charge in [0.15, 0.2) is 0 Å². The molecule has 1 N–H and O–H groups in total. The Bertz CT molecular complexity index is 1230. The maximum Gasteiger partial charge on any atom is 0.410 e. The van der Waals surface area contributed by atoms with Gasteiger partial charge >= 0.3 is 6.09 Å². The number of nitrogens with zero attached hydrogens (tertiary/aromatic N) is 3. The fourth-order valence-electron chi connectivity index (χ4n) is 4.38. The summed E-state index contributed by atoms with van der Waals surface area (Å²) in [6, 6.07) is 15.3. The first-order chi connectivity index (χ1) is 16.9. The largest absolute Gasteiger partial charge is 0.449 e. The fourth-order valence-corrected chi connectivity index (χ4v) is 4.64. The van der Waals surface area contributed by atoms with E-state index in [-0.39, 0.29) is 18.0 Å². The summed E-state index contributed by atoms with van der Waals surface area (Å²) in [7, 11) is 1.91. The first kappa shape index (κ1) is 24.9. The van der Waals surface area contributed by atoms with Gasteiger partial charge in [0.1, 0.15) is 0 Å². The highest BCUT2D eigenvalue weighted by Gasteiger charge is 2.31. The molecule has 0 saturated carbocycles. The Morgan fingerprint density at radius 3 is 2.74 bits per heavy atom. The molecule has 8 heteroatoms. The maximum atomic E-state index is 13.3. The number of piperazine rings is 1. The number of rotatable bonds is 6. The van der Waals surface area contributed by atoms with E-state index in [1.807, 2.05) is 45.2 Å². The number of hydrogen-bond donors (Lipinski definition) is 1. The van der Waals surface area contributed by atoms with E-state index in [9.17, 15) is 9.59 Å². The van der Waals surface area contributed by atoms with Crippen molar-refractivity contribution in [1.82, 2.24) is 20.1 Å². The van der Waals surface area contributed by atoms with Crippen molar-refractivity contribution in [3.8, 4) is 11.3 Å². The zero-order valence-corrected chi connectivity index (χ0v) is 21.1. The lowest BCUT2D eigenvalue weighted by Gasteiger charge is -2.39. The SMILES string of the molecule is CCCOC(=O)N1CCN(C(=O)c2ccc3c(Cl)cc(-c4cccc(CNC)c4)nc3c2)C[C@H]1C. The molecule has 0 radical (unpaired) electrons. The number of hydrogen-bond acceptors (Lipinski definition) is 5. The lowest BCUT2D eigenvalue weighted by Crippen LogP contribution is -2.55. The first-order valence-electron chi connectivity index (χ1n) is 12.0. The summed E-state index contributed by atoms with van der Waals surface area (Å²) in [5.74, 6) is -0.0836. The molecule has 2 aromatic carbocycles. The molecular formula is C27H31ClN4O3. The fraction of sp³-hybridized carbons (Fsp3) is 0.370. The van der Waals surface area contributed by atoms with Crippen LogP contribution in [0.5, 0.6) is 0 Å². The molecule has 2 amide bonds. The van der Waals surface area contributed by atoms with Crippen LogP contribution in [0.3, 0.4) is 0 Å². The van der Waals surface area contributed by atoms with Gasteiger partial charge in [-0.25, -0.2) is 9.78 Å². The number of ether oxygens (including phenoxy) is 1. The van der Waals surface area contributed by atoms with E-state index >= 15 is 0 Å². The highest BCUT2D eigenvalue weighted by Crippen LogP contribution is 2.29. The molecule has 1 atom stereocenters. The monoisotopic (exact) mass is 494 g/mol. The minimum absolute atomic E-state index is 0.0836. The first-order valence-corrected chi connectivity index (χ1v) is 12.4. The van der Waals surface area contributed by atoms with E-state index in [1.165, 1.54) is 0 Å². The summed E-state index contributed by atoms with van der Waals surface area (Å²) >= 11 is 6.60. The Labute approximate surface area is 211 Å². The van der Waals surface area contributed by atoms with E-state index in [0.29, 0.717) is 42.3 Å². The standard InChI is InChI=1S/C27H31ClN4O3/c1-4-12-35-27(34)32-11-10-31(17-18(32)2)26(33)21-8-9-22-23(28)15-24(30-25(22)14-21)20-7-5-6-19(13-20)16-29-3/h5-9,13-15,18,29H,4,10-12,16-17H2,1-3H3/t18-/m1/s1. The van der Waals surface area contributed by atoms with Gasteiger partial charge in [-0.2, -0.15) is 0 Å². The number of carbonyl (C=O) groups is 2. The van der Waals surface area contributed by atoms with Gasteiger partial charge in [-0.3, -0.25) is 4.79 Å². The van der Waals surface area contributed by atoms with E-state index in [0.717, 1.165) is 35.2 Å². The number of carbonyl (C=O) groups excluding carboxylic acids is 2. The molecule has 0 aliphatic carbocycles. The Morgan fingerprint density at radius 2 is 2.00 bits per heavy atom. The van der Waals surface area contributed by atoms with Crippen LogP contribution in [0.4, 0.5) is 4.79 Å². The average Bonchev–Trinajstić information content (AvgIpc) is 2.86. The molecule has 0 bridgehead atoms. The number of benzene rings is 2. The molecule has 1 fully saturated rings. The minimum atomic E-state index is -0.317. The lowest BCUT2D eigenvalue weighted by atomic mass is 10.0. The second-order valence-electron chi connectivity index (χ2n) is 8.86. The van der Waals surface area contributed by atoms with Crippen LogP contribution in [0.1, 0.15) is 36.2 Å². The molecule has 3 aromatic rings. The van der Waals surface area contributed by atoms with Crippen molar-refractivity contribution in [2.24, 2.45) is 0 Å². The summed E-state index contributed by atoms with van der Waals surface area (Å²) in [4.78, 5) is 33.9. The smallest absolute Gasteiger partial charge is 0.410 e. The van der Waals surface area contributed by atoms with E-state index in [2.05, 4.69) is 17.4 Å². The topological polar surface area (TPSA) is 74.8 Å². The van der Waals surface area contributed by atoms with Crippen molar-refractivity contribution in [2.75, 3.05) is 33.3 Å². The van der Waals surface area contributed by atoms with Crippen LogP contribution in [0, 0.1) is 0 Å². The van der Waals surface area contributed by atoms with Gasteiger partial charge < -0.3 is 19.9 Å². The molecule has 1 aliphatic rings. The lowest BCUT2D eigenvalue weighted by molar-refractivity contribution is 0.0412. The van der Waals surface area contributed by atoms with Gasteiger partial charge in [0, 0.05) is 48.7 Å². The summed E-state index contributed by atoms with van der Waals surface area (Å²) in [5.41, 5.74) is 4.11. The van der Waals surface area contributed by atoms with Crippen LogP contribution in [0.2, 0.25) is 5.02 Å². The third-order valence-corrected chi connectivity index (χ3v) is 6.50. The molecule has 7 nitrogen and oxygen atoms in total. The number of nitrogens with one attached hydrogen (secondary N) is 1. The summed E-state index contributed by atoms with van der Waals surface area (Å²) in [6.45, 7) is 6.40. The molecule has 1 aromatic heterocycles. The van der Waals surface area contributed by atoms with Gasteiger partial charge in [-0.05, 0) is 50.2 Å². The summed E-state index contributed by atoms with van der Waals surface area (Å²) < 4.78 is 5.27. The van der Waals surface area contributed by atoms with Crippen molar-refractivity contribution >= 4 is 34.5 Å². The van der Waals surface area contributed by atoms with E-state index in [1.54, 1.807) is 21.9 Å². The van der Waals surface area contributed by atoms with Gasteiger partial charge in [-0.1, -0.05) is 42.8 Å². The van der Waals surface area contributed by atoms with Crippen molar-refractivity contribution < 1.29 is 14.3 Å². The normalized spacial score (nSPS) is 15.9. The zero-order chi connectivity index (χ0) is 24.9. The maximum absolute atomic E-state index is 13.3. The minimum Gasteiger partial charge on any atom is -0.449 e. The van der Waals surface area contributed by atoms with Crippen LogP contribution in [-0.4, -0.2) is 66.1 Å². The Hall–Kier alpha value is -3.16. The van der Waals surface area contributed by atoms with Gasteiger partial charge in [0.2, 0.25) is 0 Å². The molecule has 1 aliphatic heterocycles. The van der Waals surface area contributed by atoms with Gasteiger partial charge in [-0.15, -0.1) is 0 Å².